The monoisotopic (exact) mass is 350 g/mol. The number of alkyl halides is 3. The highest BCUT2D eigenvalue weighted by molar-refractivity contribution is 5.83. The zero-order valence-electron chi connectivity index (χ0n) is 13.7. The molecule has 0 atom stereocenters. The van der Waals surface area contributed by atoms with Crippen molar-refractivity contribution in [1.29, 1.82) is 0 Å². The van der Waals surface area contributed by atoms with Gasteiger partial charge in [0.1, 0.15) is 0 Å². The van der Waals surface area contributed by atoms with Crippen molar-refractivity contribution in [3.8, 4) is 0 Å². The number of rotatable bonds is 4. The van der Waals surface area contributed by atoms with Crippen LogP contribution in [0.4, 0.5) is 19.0 Å². The number of benzene rings is 1. The van der Waals surface area contributed by atoms with Crippen molar-refractivity contribution in [2.75, 3.05) is 19.0 Å². The first kappa shape index (κ1) is 17.2. The minimum atomic E-state index is -4.63. The number of aromatic nitrogens is 4. The van der Waals surface area contributed by atoms with E-state index in [4.69, 9.17) is 5.73 Å². The van der Waals surface area contributed by atoms with Crippen molar-refractivity contribution >= 4 is 17.0 Å². The van der Waals surface area contributed by atoms with Crippen LogP contribution in [0.5, 0.6) is 0 Å². The molecule has 3 aromatic rings. The second kappa shape index (κ2) is 6.32. The molecule has 1 aromatic carbocycles. The highest BCUT2D eigenvalue weighted by Gasteiger charge is 2.36. The van der Waals surface area contributed by atoms with Crippen molar-refractivity contribution in [2.45, 2.75) is 19.3 Å². The van der Waals surface area contributed by atoms with Crippen molar-refractivity contribution < 1.29 is 13.2 Å². The Hall–Kier alpha value is -2.68. The quantitative estimate of drug-likeness (QED) is 0.782. The second-order valence-corrected chi connectivity index (χ2v) is 5.83. The Labute approximate surface area is 142 Å². The molecule has 0 aliphatic rings. The fourth-order valence-corrected chi connectivity index (χ4v) is 2.46. The number of anilines is 1. The lowest BCUT2D eigenvalue weighted by Crippen LogP contribution is -2.18. The van der Waals surface area contributed by atoms with E-state index in [1.54, 1.807) is 18.7 Å². The van der Waals surface area contributed by atoms with E-state index in [1.165, 1.54) is 11.2 Å². The Morgan fingerprint density at radius 2 is 1.72 bits per heavy atom. The fourth-order valence-electron chi connectivity index (χ4n) is 2.46. The van der Waals surface area contributed by atoms with Crippen LogP contribution in [0.1, 0.15) is 17.0 Å². The molecule has 3 rings (SSSR count). The maximum Gasteiger partial charge on any atom is 0.451 e. The molecule has 0 bridgehead atoms. The number of hydrogen-bond donors (Lipinski definition) is 1. The second-order valence-electron chi connectivity index (χ2n) is 5.83. The van der Waals surface area contributed by atoms with E-state index in [2.05, 4.69) is 15.0 Å². The molecule has 0 amide bonds. The summed E-state index contributed by atoms with van der Waals surface area (Å²) in [6.45, 7) is 0.783. The number of halogens is 3. The third kappa shape index (κ3) is 3.41. The Morgan fingerprint density at radius 3 is 2.28 bits per heavy atom. The van der Waals surface area contributed by atoms with Gasteiger partial charge in [-0.25, -0.2) is 15.0 Å². The number of nitrogens with two attached hydrogens (primary N) is 1. The molecule has 9 heteroatoms. The first-order chi connectivity index (χ1) is 11.8. The molecule has 0 saturated carbocycles. The van der Waals surface area contributed by atoms with Crippen molar-refractivity contribution in [2.24, 2.45) is 5.73 Å². The van der Waals surface area contributed by atoms with E-state index in [-0.39, 0.29) is 11.5 Å². The molecule has 2 aromatic heterocycles. The van der Waals surface area contributed by atoms with E-state index < -0.39 is 12.0 Å². The lowest BCUT2D eigenvalue weighted by Gasteiger charge is -2.14. The summed E-state index contributed by atoms with van der Waals surface area (Å²) in [5.41, 5.74) is 7.94. The molecule has 6 nitrogen and oxygen atoms in total. The third-order valence-corrected chi connectivity index (χ3v) is 3.73. The van der Waals surface area contributed by atoms with Crippen molar-refractivity contribution in [3.63, 3.8) is 0 Å². The topological polar surface area (TPSA) is 72.9 Å². The van der Waals surface area contributed by atoms with Gasteiger partial charge < -0.3 is 15.2 Å². The minimum absolute atomic E-state index is 0.134. The van der Waals surface area contributed by atoms with Crippen LogP contribution in [-0.4, -0.2) is 33.6 Å². The number of hydrogen-bond acceptors (Lipinski definition) is 5. The molecule has 0 saturated heterocycles. The average molecular weight is 350 g/mol. The van der Waals surface area contributed by atoms with Gasteiger partial charge in [-0.05, 0) is 11.1 Å². The lowest BCUT2D eigenvalue weighted by atomic mass is 10.1. The molecule has 0 spiro atoms. The van der Waals surface area contributed by atoms with Gasteiger partial charge in [-0.3, -0.25) is 0 Å². The molecule has 2 N–H and O–H groups in total. The summed E-state index contributed by atoms with van der Waals surface area (Å²) in [5, 5.41) is 0. The Balaban J connectivity index is 2.08. The maximum absolute atomic E-state index is 13.1. The molecular formula is C16H17F3N6. The third-order valence-electron chi connectivity index (χ3n) is 3.73. The Bertz CT molecular complexity index is 883. The van der Waals surface area contributed by atoms with Gasteiger partial charge in [0.2, 0.25) is 5.82 Å². The van der Waals surface area contributed by atoms with Crippen LogP contribution in [0, 0.1) is 0 Å². The normalized spacial score (nSPS) is 11.9. The predicted molar refractivity (Wildman–Crippen MR) is 88.1 cm³/mol. The summed E-state index contributed by atoms with van der Waals surface area (Å²) < 4.78 is 40.9. The number of fused-ring (bicyclic) bond motifs is 1. The number of nitrogens with zero attached hydrogens (tertiary/aromatic N) is 5. The molecular weight excluding hydrogens is 333 g/mol. The summed E-state index contributed by atoms with van der Waals surface area (Å²) in [5.74, 6) is -1.04. The first-order valence-electron chi connectivity index (χ1n) is 7.55. The van der Waals surface area contributed by atoms with Crippen LogP contribution in [0.2, 0.25) is 0 Å². The van der Waals surface area contributed by atoms with Gasteiger partial charge >= 0.3 is 6.18 Å². The SMILES string of the molecule is CN(C)c1nc(C(F)(F)F)nc2c1ncn2Cc1ccc(CN)cc1. The molecule has 0 aliphatic heterocycles. The largest absolute Gasteiger partial charge is 0.451 e. The summed E-state index contributed by atoms with van der Waals surface area (Å²) >= 11 is 0. The van der Waals surface area contributed by atoms with E-state index >= 15 is 0 Å². The molecule has 25 heavy (non-hydrogen) atoms. The average Bonchev–Trinajstić information content (AvgIpc) is 2.96. The van der Waals surface area contributed by atoms with Gasteiger partial charge in [0, 0.05) is 20.6 Å². The van der Waals surface area contributed by atoms with Crippen LogP contribution in [0.15, 0.2) is 30.6 Å². The van der Waals surface area contributed by atoms with Gasteiger partial charge in [-0.1, -0.05) is 24.3 Å². The fraction of sp³-hybridized carbons (Fsp3) is 0.312. The Morgan fingerprint density at radius 1 is 1.08 bits per heavy atom. The highest BCUT2D eigenvalue weighted by atomic mass is 19.4. The van der Waals surface area contributed by atoms with Crippen LogP contribution >= 0.6 is 0 Å². The van der Waals surface area contributed by atoms with Crippen LogP contribution in [-0.2, 0) is 19.3 Å². The van der Waals surface area contributed by atoms with Crippen LogP contribution in [0.3, 0.4) is 0 Å². The predicted octanol–water partition coefficient (Wildman–Crippen LogP) is 2.42. The Kier molecular flexibility index (Phi) is 4.34. The van der Waals surface area contributed by atoms with Gasteiger partial charge in [-0.2, -0.15) is 13.2 Å². The van der Waals surface area contributed by atoms with E-state index in [0.717, 1.165) is 11.1 Å². The van der Waals surface area contributed by atoms with Gasteiger partial charge in [0.25, 0.3) is 0 Å². The highest BCUT2D eigenvalue weighted by Crippen LogP contribution is 2.30. The molecule has 0 unspecified atom stereocenters. The standard InChI is InChI=1S/C16H17F3N6/c1-24(2)13-12-14(23-15(22-13)16(17,18)19)25(9-21-12)8-11-5-3-10(7-20)4-6-11/h3-6,9H,7-8,20H2,1-2H3. The zero-order valence-corrected chi connectivity index (χ0v) is 13.7. The van der Waals surface area contributed by atoms with E-state index in [9.17, 15) is 13.2 Å². The minimum Gasteiger partial charge on any atom is -0.361 e. The molecule has 132 valence electrons. The summed E-state index contributed by atoms with van der Waals surface area (Å²) in [7, 11) is 3.24. The lowest BCUT2D eigenvalue weighted by molar-refractivity contribution is -0.144. The van der Waals surface area contributed by atoms with Gasteiger partial charge in [0.05, 0.1) is 12.9 Å². The van der Waals surface area contributed by atoms with E-state index in [1.807, 2.05) is 24.3 Å². The molecule has 2 heterocycles. The summed E-state index contributed by atoms with van der Waals surface area (Å²) in [6.07, 6.45) is -3.15. The molecule has 0 aliphatic carbocycles. The smallest absolute Gasteiger partial charge is 0.361 e. The number of imidazole rings is 1. The first-order valence-corrected chi connectivity index (χ1v) is 7.55. The van der Waals surface area contributed by atoms with Crippen LogP contribution in [0.25, 0.3) is 11.2 Å². The zero-order chi connectivity index (χ0) is 18.2. The van der Waals surface area contributed by atoms with Gasteiger partial charge in [-0.15, -0.1) is 0 Å². The maximum atomic E-state index is 13.1. The molecule has 0 radical (unpaired) electrons. The van der Waals surface area contributed by atoms with Gasteiger partial charge in [0.15, 0.2) is 17.0 Å². The summed E-state index contributed by atoms with van der Waals surface area (Å²) in [4.78, 5) is 13.0. The van der Waals surface area contributed by atoms with Crippen molar-refractivity contribution in [1.82, 2.24) is 19.5 Å². The summed E-state index contributed by atoms with van der Waals surface area (Å²) in [6, 6.07) is 7.53. The van der Waals surface area contributed by atoms with E-state index in [0.29, 0.717) is 18.6 Å². The van der Waals surface area contributed by atoms with Crippen molar-refractivity contribution in [3.05, 3.63) is 47.5 Å². The van der Waals surface area contributed by atoms with Crippen LogP contribution < -0.4 is 10.6 Å². The molecule has 0 fully saturated rings.